The number of hydrogen-bond donors (Lipinski definition) is 0. The largest absolute Gasteiger partial charge is 1.00 e. The smallest absolute Gasteiger partial charge is 0.418 e. The fourth-order valence-electron chi connectivity index (χ4n) is 0.385. The van der Waals surface area contributed by atoms with E-state index in [0.717, 1.165) is 0 Å². The molecule has 0 nitrogen and oxygen atoms in total. The van der Waals surface area contributed by atoms with Gasteiger partial charge in [0.15, 0.2) is 0 Å². The summed E-state index contributed by atoms with van der Waals surface area (Å²) in [4.78, 5) is 0. The Labute approximate surface area is 90.4 Å². The van der Waals surface area contributed by atoms with Gasteiger partial charge in [-0.15, -0.1) is 0 Å². The van der Waals surface area contributed by atoms with Crippen molar-refractivity contribution in [3.63, 3.8) is 0 Å². The quantitative estimate of drug-likeness (QED) is 0.396. The first-order valence-electron chi connectivity index (χ1n) is 2.87. The third kappa shape index (κ3) is 22.5. The molecule has 0 unspecified atom stereocenters. The molecule has 0 amide bonds. The molecule has 0 saturated carbocycles. The van der Waals surface area contributed by atoms with Crippen LogP contribution in [0.15, 0.2) is 36.4 Å². The molecule has 0 fully saturated rings. The number of rotatable bonds is 0. The Morgan fingerprint density at radius 2 is 0.667 bits per heavy atom. The topological polar surface area (TPSA) is 0 Å². The molecular formula is C6H6BF4Na. The van der Waals surface area contributed by atoms with Crippen molar-refractivity contribution in [2.45, 2.75) is 0 Å². The molecule has 62 valence electrons. The zero-order valence-corrected chi connectivity index (χ0v) is 8.55. The minimum Gasteiger partial charge on any atom is -0.418 e. The van der Waals surface area contributed by atoms with Crippen LogP contribution >= 0.6 is 0 Å². The second-order valence-corrected chi connectivity index (χ2v) is 1.65. The Morgan fingerprint density at radius 3 is 0.750 bits per heavy atom. The summed E-state index contributed by atoms with van der Waals surface area (Å²) in [6, 6.07) is 12.0. The van der Waals surface area contributed by atoms with Gasteiger partial charge in [0.05, 0.1) is 0 Å². The molecule has 0 heterocycles. The molecule has 0 bridgehead atoms. The first kappa shape index (κ1) is 14.5. The van der Waals surface area contributed by atoms with Crippen LogP contribution in [0.25, 0.3) is 0 Å². The van der Waals surface area contributed by atoms with Crippen LogP contribution in [0.4, 0.5) is 17.3 Å². The summed E-state index contributed by atoms with van der Waals surface area (Å²) in [5, 5.41) is 0. The van der Waals surface area contributed by atoms with Crippen molar-refractivity contribution in [3.05, 3.63) is 36.4 Å². The zero-order valence-electron chi connectivity index (χ0n) is 6.55. The van der Waals surface area contributed by atoms with Crippen LogP contribution in [0.3, 0.4) is 0 Å². The Bertz CT molecular complexity index is 144. The maximum absolute atomic E-state index is 9.75. The number of halogens is 4. The Morgan fingerprint density at radius 1 is 0.583 bits per heavy atom. The first-order valence-corrected chi connectivity index (χ1v) is 2.87. The summed E-state index contributed by atoms with van der Waals surface area (Å²) in [7, 11) is -6.00. The van der Waals surface area contributed by atoms with E-state index in [9.17, 15) is 17.3 Å². The molecule has 0 aliphatic carbocycles. The molecule has 0 N–H and O–H groups in total. The Balaban J connectivity index is 0. The van der Waals surface area contributed by atoms with Crippen molar-refractivity contribution in [1.82, 2.24) is 0 Å². The molecule has 6 heteroatoms. The van der Waals surface area contributed by atoms with Gasteiger partial charge in [-0.25, -0.2) is 0 Å². The van der Waals surface area contributed by atoms with Crippen molar-refractivity contribution in [3.8, 4) is 0 Å². The molecule has 1 aromatic carbocycles. The van der Waals surface area contributed by atoms with Gasteiger partial charge in [-0.3, -0.25) is 0 Å². The van der Waals surface area contributed by atoms with E-state index in [0.29, 0.717) is 0 Å². The average molecular weight is 188 g/mol. The van der Waals surface area contributed by atoms with Gasteiger partial charge in [0.1, 0.15) is 0 Å². The molecule has 0 atom stereocenters. The van der Waals surface area contributed by atoms with Gasteiger partial charge in [-0.05, 0) is 0 Å². The third-order valence-electron chi connectivity index (χ3n) is 0.667. The zero-order chi connectivity index (χ0) is 8.74. The fourth-order valence-corrected chi connectivity index (χ4v) is 0.385. The van der Waals surface area contributed by atoms with Crippen molar-refractivity contribution in [2.75, 3.05) is 0 Å². The second kappa shape index (κ2) is 7.64. The standard InChI is InChI=1S/C6H6.BF4.Na/c1-2-4-6-5-3-1;2-1(3,4)5;/h1-6H;;/q;-1;+1. The van der Waals surface area contributed by atoms with E-state index >= 15 is 0 Å². The fraction of sp³-hybridized carbons (Fsp3) is 0. The van der Waals surface area contributed by atoms with Crippen LogP contribution in [0.2, 0.25) is 0 Å². The van der Waals surface area contributed by atoms with Gasteiger partial charge in [0.25, 0.3) is 0 Å². The molecule has 0 aromatic heterocycles. The Hall–Kier alpha value is 0.00494. The number of hydrogen-bond acceptors (Lipinski definition) is 0. The monoisotopic (exact) mass is 188 g/mol. The van der Waals surface area contributed by atoms with Crippen LogP contribution in [-0.4, -0.2) is 7.25 Å². The van der Waals surface area contributed by atoms with Gasteiger partial charge in [0.2, 0.25) is 0 Å². The number of benzene rings is 1. The summed E-state index contributed by atoms with van der Waals surface area (Å²) >= 11 is 0. The summed E-state index contributed by atoms with van der Waals surface area (Å²) in [6.45, 7) is 0. The molecule has 0 spiro atoms. The second-order valence-electron chi connectivity index (χ2n) is 1.65. The summed E-state index contributed by atoms with van der Waals surface area (Å²) in [6.07, 6.45) is 0. The molecule has 1 rings (SSSR count). The first-order chi connectivity index (χ1) is 5.00. The predicted octanol–water partition coefficient (Wildman–Crippen LogP) is -0.00940. The summed E-state index contributed by atoms with van der Waals surface area (Å²) in [5.41, 5.74) is 0. The summed E-state index contributed by atoms with van der Waals surface area (Å²) < 4.78 is 39.0. The SMILES string of the molecule is F[B-](F)(F)F.[Na+].c1ccccc1. The van der Waals surface area contributed by atoms with Crippen molar-refractivity contribution >= 4 is 7.25 Å². The molecule has 0 saturated heterocycles. The Kier molecular flexibility index (Phi) is 9.25. The summed E-state index contributed by atoms with van der Waals surface area (Å²) in [5.74, 6) is 0. The van der Waals surface area contributed by atoms with Crippen molar-refractivity contribution in [2.24, 2.45) is 0 Å². The van der Waals surface area contributed by atoms with Crippen LogP contribution < -0.4 is 29.6 Å². The molecule has 0 radical (unpaired) electrons. The van der Waals surface area contributed by atoms with Crippen LogP contribution in [0.5, 0.6) is 0 Å². The van der Waals surface area contributed by atoms with E-state index in [-0.39, 0.29) is 29.6 Å². The van der Waals surface area contributed by atoms with Gasteiger partial charge in [-0.1, -0.05) is 36.4 Å². The van der Waals surface area contributed by atoms with E-state index < -0.39 is 7.25 Å². The van der Waals surface area contributed by atoms with Crippen molar-refractivity contribution in [1.29, 1.82) is 0 Å². The van der Waals surface area contributed by atoms with E-state index in [4.69, 9.17) is 0 Å². The van der Waals surface area contributed by atoms with Gasteiger partial charge in [0, 0.05) is 0 Å². The molecule has 0 aliphatic rings. The van der Waals surface area contributed by atoms with Gasteiger partial charge < -0.3 is 17.3 Å². The minimum absolute atomic E-state index is 0. The van der Waals surface area contributed by atoms with Crippen LogP contribution in [0, 0.1) is 0 Å². The minimum atomic E-state index is -6.00. The third-order valence-corrected chi connectivity index (χ3v) is 0.667. The molecule has 12 heavy (non-hydrogen) atoms. The normalized spacial score (nSPS) is 9.00. The van der Waals surface area contributed by atoms with Gasteiger partial charge >= 0.3 is 36.8 Å². The van der Waals surface area contributed by atoms with Crippen LogP contribution in [0.1, 0.15) is 0 Å². The molecule has 1 aromatic rings. The van der Waals surface area contributed by atoms with Crippen molar-refractivity contribution < 1.29 is 46.8 Å². The van der Waals surface area contributed by atoms with E-state index in [1.807, 2.05) is 36.4 Å². The molecular weight excluding hydrogens is 182 g/mol. The maximum atomic E-state index is 9.75. The van der Waals surface area contributed by atoms with E-state index in [1.54, 1.807) is 0 Å². The predicted molar refractivity (Wildman–Crippen MR) is 36.6 cm³/mol. The van der Waals surface area contributed by atoms with E-state index in [1.165, 1.54) is 0 Å². The molecule has 0 aliphatic heterocycles. The van der Waals surface area contributed by atoms with Crippen LogP contribution in [-0.2, 0) is 0 Å². The maximum Gasteiger partial charge on any atom is 1.00 e. The average Bonchev–Trinajstić information content (AvgIpc) is 1.88. The van der Waals surface area contributed by atoms with E-state index in [2.05, 4.69) is 0 Å². The van der Waals surface area contributed by atoms with Gasteiger partial charge in [-0.2, -0.15) is 0 Å².